The topological polar surface area (TPSA) is 9.23 Å². The number of benzene rings is 1. The van der Waals surface area contributed by atoms with Gasteiger partial charge < -0.3 is 4.74 Å². The van der Waals surface area contributed by atoms with Gasteiger partial charge in [0.15, 0.2) is 0 Å². The summed E-state index contributed by atoms with van der Waals surface area (Å²) in [5.74, 6) is 1.75. The molecule has 17 heavy (non-hydrogen) atoms. The molecule has 0 saturated carbocycles. The highest BCUT2D eigenvalue weighted by molar-refractivity contribution is 5.27. The van der Waals surface area contributed by atoms with Crippen molar-refractivity contribution in [2.75, 3.05) is 0 Å². The average molecular weight is 234 g/mol. The molecule has 0 aliphatic heterocycles. The Bertz CT molecular complexity index is 322. The van der Waals surface area contributed by atoms with Crippen molar-refractivity contribution < 1.29 is 4.74 Å². The molecule has 0 heterocycles. The fourth-order valence-corrected chi connectivity index (χ4v) is 1.57. The zero-order valence-electron chi connectivity index (χ0n) is 11.9. The van der Waals surface area contributed by atoms with E-state index in [1.54, 1.807) is 0 Å². The third-order valence-corrected chi connectivity index (χ3v) is 3.18. The Morgan fingerprint density at radius 2 is 1.71 bits per heavy atom. The predicted molar refractivity (Wildman–Crippen MR) is 74.6 cm³/mol. The maximum Gasteiger partial charge on any atom is 0.120 e. The fraction of sp³-hybridized carbons (Fsp3) is 0.625. The summed E-state index contributed by atoms with van der Waals surface area (Å²) in [6.45, 7) is 10.9. The summed E-state index contributed by atoms with van der Waals surface area (Å²) in [4.78, 5) is 0. The summed E-state index contributed by atoms with van der Waals surface area (Å²) >= 11 is 0. The van der Waals surface area contributed by atoms with E-state index in [0.717, 1.165) is 24.5 Å². The van der Waals surface area contributed by atoms with E-state index in [9.17, 15) is 0 Å². The summed E-state index contributed by atoms with van der Waals surface area (Å²) in [5, 5.41) is 0. The Morgan fingerprint density at radius 3 is 2.18 bits per heavy atom. The van der Waals surface area contributed by atoms with Crippen LogP contribution in [-0.4, -0.2) is 5.60 Å². The number of aryl methyl sites for hydroxylation is 1. The summed E-state index contributed by atoms with van der Waals surface area (Å²) in [7, 11) is 0. The van der Waals surface area contributed by atoms with Gasteiger partial charge in [-0.1, -0.05) is 32.9 Å². The second-order valence-corrected chi connectivity index (χ2v) is 5.79. The number of rotatable bonds is 6. The molecule has 96 valence electrons. The Balaban J connectivity index is 2.56. The lowest BCUT2D eigenvalue weighted by Crippen LogP contribution is -2.26. The van der Waals surface area contributed by atoms with Crippen LogP contribution in [0.25, 0.3) is 0 Å². The van der Waals surface area contributed by atoms with Gasteiger partial charge in [-0.2, -0.15) is 0 Å². The van der Waals surface area contributed by atoms with Crippen LogP contribution in [0.15, 0.2) is 24.3 Å². The van der Waals surface area contributed by atoms with Crippen LogP contribution >= 0.6 is 0 Å². The van der Waals surface area contributed by atoms with Crippen molar-refractivity contribution in [2.45, 2.75) is 59.5 Å². The molecule has 0 aliphatic rings. The lowest BCUT2D eigenvalue weighted by molar-refractivity contribution is 0.105. The first-order valence-corrected chi connectivity index (χ1v) is 6.71. The molecule has 1 rings (SSSR count). The highest BCUT2D eigenvalue weighted by atomic mass is 16.5. The maximum absolute atomic E-state index is 5.93. The van der Waals surface area contributed by atoms with Crippen LogP contribution in [-0.2, 0) is 6.42 Å². The third-order valence-electron chi connectivity index (χ3n) is 3.18. The fourth-order valence-electron chi connectivity index (χ4n) is 1.57. The minimum Gasteiger partial charge on any atom is -0.488 e. The van der Waals surface area contributed by atoms with E-state index in [0.29, 0.717) is 0 Å². The van der Waals surface area contributed by atoms with E-state index >= 15 is 0 Å². The molecule has 0 radical (unpaired) electrons. The zero-order chi connectivity index (χ0) is 12.9. The minimum absolute atomic E-state index is 0.0700. The first kappa shape index (κ1) is 14.1. The lowest BCUT2D eigenvalue weighted by atomic mass is 10.0. The molecule has 1 nitrogen and oxygen atoms in total. The Labute approximate surface area is 106 Å². The van der Waals surface area contributed by atoms with Crippen molar-refractivity contribution >= 4 is 0 Å². The van der Waals surface area contributed by atoms with Gasteiger partial charge >= 0.3 is 0 Å². The molecule has 0 atom stereocenters. The first-order valence-electron chi connectivity index (χ1n) is 6.71. The molecular weight excluding hydrogens is 208 g/mol. The summed E-state index contributed by atoms with van der Waals surface area (Å²) in [6.07, 6.45) is 3.43. The number of hydrogen-bond donors (Lipinski definition) is 0. The third kappa shape index (κ3) is 5.25. The summed E-state index contributed by atoms with van der Waals surface area (Å²) in [5.41, 5.74) is 1.33. The largest absolute Gasteiger partial charge is 0.488 e. The standard InChI is InChI=1S/C16H26O/c1-6-16(4,5)17-15-11-9-14(10-12-15)8-7-13(2)3/h9-13H,6-8H2,1-5H3. The average Bonchev–Trinajstić information content (AvgIpc) is 2.28. The van der Waals surface area contributed by atoms with Crippen LogP contribution in [0, 0.1) is 5.92 Å². The van der Waals surface area contributed by atoms with Crippen LogP contribution in [0.1, 0.15) is 53.0 Å². The van der Waals surface area contributed by atoms with Gasteiger partial charge in [0, 0.05) is 0 Å². The van der Waals surface area contributed by atoms with Gasteiger partial charge in [-0.25, -0.2) is 0 Å². The molecule has 0 spiro atoms. The van der Waals surface area contributed by atoms with E-state index in [-0.39, 0.29) is 5.60 Å². The highest BCUT2D eigenvalue weighted by Crippen LogP contribution is 2.21. The molecule has 0 aliphatic carbocycles. The SMILES string of the molecule is CCC(C)(C)Oc1ccc(CCC(C)C)cc1. The van der Waals surface area contributed by atoms with Gasteiger partial charge in [0.1, 0.15) is 11.4 Å². The normalized spacial score (nSPS) is 11.9. The Hall–Kier alpha value is -0.980. The van der Waals surface area contributed by atoms with Crippen molar-refractivity contribution in [1.29, 1.82) is 0 Å². The second-order valence-electron chi connectivity index (χ2n) is 5.79. The van der Waals surface area contributed by atoms with E-state index in [4.69, 9.17) is 4.74 Å². The molecule has 0 amide bonds. The van der Waals surface area contributed by atoms with Crippen LogP contribution in [0.3, 0.4) is 0 Å². The van der Waals surface area contributed by atoms with E-state index in [1.165, 1.54) is 12.0 Å². The zero-order valence-corrected chi connectivity index (χ0v) is 11.9. The number of hydrogen-bond acceptors (Lipinski definition) is 1. The molecule has 0 N–H and O–H groups in total. The van der Waals surface area contributed by atoms with E-state index in [1.807, 2.05) is 0 Å². The maximum atomic E-state index is 5.93. The first-order chi connectivity index (χ1) is 7.93. The molecule has 0 aromatic heterocycles. The van der Waals surface area contributed by atoms with Gasteiger partial charge in [0.05, 0.1) is 0 Å². The molecule has 0 unspecified atom stereocenters. The summed E-state index contributed by atoms with van der Waals surface area (Å²) in [6, 6.07) is 8.55. The molecule has 0 bridgehead atoms. The van der Waals surface area contributed by atoms with Gasteiger partial charge in [-0.05, 0) is 56.7 Å². The van der Waals surface area contributed by atoms with Gasteiger partial charge in [0.2, 0.25) is 0 Å². The predicted octanol–water partition coefficient (Wildman–Crippen LogP) is 4.84. The van der Waals surface area contributed by atoms with E-state index < -0.39 is 0 Å². The Morgan fingerprint density at radius 1 is 1.12 bits per heavy atom. The van der Waals surface area contributed by atoms with Crippen molar-refractivity contribution in [3.63, 3.8) is 0 Å². The van der Waals surface area contributed by atoms with E-state index in [2.05, 4.69) is 58.9 Å². The van der Waals surface area contributed by atoms with Gasteiger partial charge in [-0.3, -0.25) is 0 Å². The monoisotopic (exact) mass is 234 g/mol. The molecule has 1 aromatic rings. The summed E-state index contributed by atoms with van der Waals surface area (Å²) < 4.78 is 5.93. The molecular formula is C16H26O. The van der Waals surface area contributed by atoms with Gasteiger partial charge in [0.25, 0.3) is 0 Å². The van der Waals surface area contributed by atoms with Gasteiger partial charge in [-0.15, -0.1) is 0 Å². The van der Waals surface area contributed by atoms with Crippen LogP contribution in [0.4, 0.5) is 0 Å². The quantitative estimate of drug-likeness (QED) is 0.684. The van der Waals surface area contributed by atoms with Crippen molar-refractivity contribution in [3.8, 4) is 5.75 Å². The lowest BCUT2D eigenvalue weighted by Gasteiger charge is -2.24. The van der Waals surface area contributed by atoms with Crippen molar-refractivity contribution in [3.05, 3.63) is 29.8 Å². The Kier molecular flexibility index (Phi) is 5.04. The smallest absolute Gasteiger partial charge is 0.120 e. The molecule has 0 saturated heterocycles. The highest BCUT2D eigenvalue weighted by Gasteiger charge is 2.16. The second kappa shape index (κ2) is 6.09. The molecule has 1 aromatic carbocycles. The van der Waals surface area contributed by atoms with Crippen LogP contribution in [0.5, 0.6) is 5.75 Å². The van der Waals surface area contributed by atoms with Crippen LogP contribution < -0.4 is 4.74 Å². The van der Waals surface area contributed by atoms with Crippen molar-refractivity contribution in [2.24, 2.45) is 5.92 Å². The molecule has 1 heteroatoms. The minimum atomic E-state index is -0.0700. The number of ether oxygens (including phenoxy) is 1. The van der Waals surface area contributed by atoms with Crippen LogP contribution in [0.2, 0.25) is 0 Å². The van der Waals surface area contributed by atoms with Crippen molar-refractivity contribution in [1.82, 2.24) is 0 Å². The molecule has 0 fully saturated rings.